The Kier molecular flexibility index (Phi) is 3.44. The largest absolute Gasteiger partial charge is 0.298 e. The average molecular weight is 205 g/mol. The van der Waals surface area contributed by atoms with Crippen LogP contribution in [0.5, 0.6) is 0 Å². The first-order valence-corrected chi connectivity index (χ1v) is 6.07. The number of Topliss-reactive ketones (excluding diaryl/α,β-unsaturated/α-hetero) is 1. The minimum Gasteiger partial charge on any atom is -0.298 e. The van der Waals surface area contributed by atoms with Gasteiger partial charge in [0, 0.05) is 6.42 Å². The van der Waals surface area contributed by atoms with E-state index in [4.69, 9.17) is 0 Å². The van der Waals surface area contributed by atoms with Gasteiger partial charge in [0.2, 0.25) is 10.0 Å². The van der Waals surface area contributed by atoms with Crippen molar-refractivity contribution >= 4 is 15.8 Å². The molecular formula is C8H15NO3S. The number of carbonyl (C=O) groups is 1. The molecule has 0 aromatic carbocycles. The van der Waals surface area contributed by atoms with Crippen LogP contribution in [0.4, 0.5) is 0 Å². The van der Waals surface area contributed by atoms with E-state index in [1.165, 1.54) is 7.05 Å². The third-order valence-electron chi connectivity index (χ3n) is 2.41. The van der Waals surface area contributed by atoms with Gasteiger partial charge in [-0.2, -0.15) is 0 Å². The standard InChI is InChI=1S/C8H15NO3S/c1-9-13(11,12)8-6-4-2-3-5-7(8)10/h8-9H,2-6H2,1H3. The molecule has 0 aliphatic heterocycles. The van der Waals surface area contributed by atoms with E-state index in [0.717, 1.165) is 19.3 Å². The van der Waals surface area contributed by atoms with Crippen LogP contribution in [0.3, 0.4) is 0 Å². The summed E-state index contributed by atoms with van der Waals surface area (Å²) in [7, 11) is -2.04. The molecule has 0 saturated heterocycles. The molecule has 0 aromatic rings. The molecule has 0 bridgehead atoms. The van der Waals surface area contributed by atoms with Crippen LogP contribution < -0.4 is 4.72 Å². The van der Waals surface area contributed by atoms with Gasteiger partial charge < -0.3 is 0 Å². The Labute approximate surface area is 78.8 Å². The van der Waals surface area contributed by atoms with Crippen LogP contribution in [0.2, 0.25) is 0 Å². The van der Waals surface area contributed by atoms with Gasteiger partial charge in [0.25, 0.3) is 0 Å². The van der Waals surface area contributed by atoms with E-state index in [1.807, 2.05) is 0 Å². The number of nitrogens with one attached hydrogen (secondary N) is 1. The Morgan fingerprint density at radius 1 is 1.31 bits per heavy atom. The highest BCUT2D eigenvalue weighted by atomic mass is 32.2. The Balaban J connectivity index is 2.82. The highest BCUT2D eigenvalue weighted by Gasteiger charge is 2.31. The lowest BCUT2D eigenvalue weighted by atomic mass is 10.2. The van der Waals surface area contributed by atoms with Crippen molar-refractivity contribution < 1.29 is 13.2 Å². The lowest BCUT2D eigenvalue weighted by Crippen LogP contribution is -2.37. The summed E-state index contributed by atoms with van der Waals surface area (Å²) in [6, 6.07) is 0. The summed E-state index contributed by atoms with van der Waals surface area (Å²) in [5.41, 5.74) is 0. The molecule has 1 saturated carbocycles. The van der Waals surface area contributed by atoms with Crippen LogP contribution in [-0.4, -0.2) is 26.5 Å². The highest BCUT2D eigenvalue weighted by molar-refractivity contribution is 7.90. The lowest BCUT2D eigenvalue weighted by molar-refractivity contribution is -0.118. The topological polar surface area (TPSA) is 63.2 Å². The monoisotopic (exact) mass is 205 g/mol. The molecule has 0 heterocycles. The summed E-state index contributed by atoms with van der Waals surface area (Å²) in [6.07, 6.45) is 3.50. The molecule has 1 rings (SSSR count). The fraction of sp³-hybridized carbons (Fsp3) is 0.875. The van der Waals surface area contributed by atoms with Crippen molar-refractivity contribution in [1.29, 1.82) is 0 Å². The van der Waals surface area contributed by atoms with Crippen molar-refractivity contribution in [2.45, 2.75) is 37.4 Å². The number of carbonyl (C=O) groups excluding carboxylic acids is 1. The van der Waals surface area contributed by atoms with Gasteiger partial charge in [0.15, 0.2) is 5.78 Å². The van der Waals surface area contributed by atoms with Crippen LogP contribution in [0.1, 0.15) is 32.1 Å². The van der Waals surface area contributed by atoms with E-state index in [0.29, 0.717) is 12.8 Å². The van der Waals surface area contributed by atoms with E-state index in [-0.39, 0.29) is 5.78 Å². The number of ketones is 1. The molecule has 0 spiro atoms. The maximum atomic E-state index is 11.4. The fourth-order valence-electron chi connectivity index (χ4n) is 1.60. The van der Waals surface area contributed by atoms with Gasteiger partial charge in [-0.3, -0.25) is 4.79 Å². The summed E-state index contributed by atoms with van der Waals surface area (Å²) in [5.74, 6) is -0.133. The summed E-state index contributed by atoms with van der Waals surface area (Å²) in [5, 5.41) is -0.806. The zero-order valence-electron chi connectivity index (χ0n) is 7.75. The fourth-order valence-corrected chi connectivity index (χ4v) is 2.82. The Bertz CT molecular complexity index is 284. The maximum Gasteiger partial charge on any atom is 0.221 e. The third-order valence-corrected chi connectivity index (χ3v) is 4.22. The molecular weight excluding hydrogens is 190 g/mol. The smallest absolute Gasteiger partial charge is 0.221 e. The first kappa shape index (κ1) is 10.7. The molecule has 1 aliphatic carbocycles. The van der Waals surface area contributed by atoms with Crippen LogP contribution in [0, 0.1) is 0 Å². The quantitative estimate of drug-likeness (QED) is 0.665. The summed E-state index contributed by atoms with van der Waals surface area (Å²) >= 11 is 0. The number of sulfonamides is 1. The predicted molar refractivity (Wildman–Crippen MR) is 49.9 cm³/mol. The number of hydrogen-bond donors (Lipinski definition) is 1. The lowest BCUT2D eigenvalue weighted by Gasteiger charge is -2.12. The van der Waals surface area contributed by atoms with Gasteiger partial charge in [-0.05, 0) is 19.9 Å². The molecule has 76 valence electrons. The van der Waals surface area contributed by atoms with Gasteiger partial charge in [-0.1, -0.05) is 12.8 Å². The molecule has 1 unspecified atom stereocenters. The molecule has 1 atom stereocenters. The molecule has 0 amide bonds. The van der Waals surface area contributed by atoms with E-state index in [1.54, 1.807) is 0 Å². The maximum absolute atomic E-state index is 11.4. The highest BCUT2D eigenvalue weighted by Crippen LogP contribution is 2.19. The van der Waals surface area contributed by atoms with Crippen molar-refractivity contribution in [3.63, 3.8) is 0 Å². The normalized spacial score (nSPS) is 25.6. The van der Waals surface area contributed by atoms with Crippen LogP contribution >= 0.6 is 0 Å². The second kappa shape index (κ2) is 4.19. The molecule has 0 aromatic heterocycles. The molecule has 1 N–H and O–H groups in total. The Morgan fingerprint density at radius 3 is 2.62 bits per heavy atom. The first-order chi connectivity index (χ1) is 6.08. The molecule has 4 nitrogen and oxygen atoms in total. The molecule has 1 fully saturated rings. The second-order valence-electron chi connectivity index (χ2n) is 3.30. The van der Waals surface area contributed by atoms with E-state index < -0.39 is 15.3 Å². The van der Waals surface area contributed by atoms with E-state index in [2.05, 4.69) is 4.72 Å². The third kappa shape index (κ3) is 2.51. The van der Waals surface area contributed by atoms with E-state index in [9.17, 15) is 13.2 Å². The first-order valence-electron chi connectivity index (χ1n) is 4.53. The molecule has 0 radical (unpaired) electrons. The van der Waals surface area contributed by atoms with Crippen LogP contribution in [0.25, 0.3) is 0 Å². The Morgan fingerprint density at radius 2 is 2.00 bits per heavy atom. The van der Waals surface area contributed by atoms with Crippen molar-refractivity contribution in [3.05, 3.63) is 0 Å². The number of rotatable bonds is 2. The summed E-state index contributed by atoms with van der Waals surface area (Å²) < 4.78 is 25.0. The van der Waals surface area contributed by atoms with Crippen LogP contribution in [0.15, 0.2) is 0 Å². The zero-order valence-corrected chi connectivity index (χ0v) is 8.56. The minimum absolute atomic E-state index is 0.133. The van der Waals surface area contributed by atoms with Crippen molar-refractivity contribution in [2.24, 2.45) is 0 Å². The summed E-state index contributed by atoms with van der Waals surface area (Å²) in [4.78, 5) is 11.4. The number of hydrogen-bond acceptors (Lipinski definition) is 3. The second-order valence-corrected chi connectivity index (χ2v) is 5.37. The minimum atomic E-state index is -3.39. The molecule has 1 aliphatic rings. The average Bonchev–Trinajstić information content (AvgIpc) is 2.30. The van der Waals surface area contributed by atoms with Crippen LogP contribution in [-0.2, 0) is 14.8 Å². The van der Waals surface area contributed by atoms with Crippen molar-refractivity contribution in [3.8, 4) is 0 Å². The van der Waals surface area contributed by atoms with E-state index >= 15 is 0 Å². The Hall–Kier alpha value is -0.420. The van der Waals surface area contributed by atoms with Gasteiger partial charge in [0.05, 0.1) is 0 Å². The van der Waals surface area contributed by atoms with Crippen molar-refractivity contribution in [2.75, 3.05) is 7.05 Å². The van der Waals surface area contributed by atoms with Crippen molar-refractivity contribution in [1.82, 2.24) is 4.72 Å². The van der Waals surface area contributed by atoms with Gasteiger partial charge in [-0.15, -0.1) is 0 Å². The van der Waals surface area contributed by atoms with Gasteiger partial charge in [0.1, 0.15) is 5.25 Å². The molecule has 13 heavy (non-hydrogen) atoms. The molecule has 5 heteroatoms. The summed E-state index contributed by atoms with van der Waals surface area (Å²) in [6.45, 7) is 0. The zero-order chi connectivity index (χ0) is 9.90. The SMILES string of the molecule is CNS(=O)(=O)C1CCCCCC1=O. The van der Waals surface area contributed by atoms with Gasteiger partial charge >= 0.3 is 0 Å². The predicted octanol–water partition coefficient (Wildman–Crippen LogP) is 0.437. The van der Waals surface area contributed by atoms with Gasteiger partial charge in [-0.25, -0.2) is 13.1 Å².